The van der Waals surface area contributed by atoms with E-state index in [4.69, 9.17) is 10.5 Å². The van der Waals surface area contributed by atoms with Crippen molar-refractivity contribution in [2.75, 3.05) is 19.7 Å². The second-order valence-corrected chi connectivity index (χ2v) is 5.26. The molecule has 1 aromatic carbocycles. The first-order valence-corrected chi connectivity index (χ1v) is 7.48. The molecule has 0 saturated heterocycles. The fourth-order valence-corrected chi connectivity index (χ4v) is 2.91. The summed E-state index contributed by atoms with van der Waals surface area (Å²) < 4.78 is 7.71. The molecule has 2 heterocycles. The predicted molar refractivity (Wildman–Crippen MR) is 82.0 cm³/mol. The van der Waals surface area contributed by atoms with Crippen LogP contribution in [-0.4, -0.2) is 34.1 Å². The van der Waals surface area contributed by atoms with E-state index in [9.17, 15) is 0 Å². The highest BCUT2D eigenvalue weighted by atomic mass is 16.5. The van der Waals surface area contributed by atoms with Gasteiger partial charge in [0.1, 0.15) is 11.6 Å². The Morgan fingerprint density at radius 1 is 1.29 bits per heavy atom. The van der Waals surface area contributed by atoms with Crippen molar-refractivity contribution in [2.24, 2.45) is 5.73 Å². The van der Waals surface area contributed by atoms with Gasteiger partial charge in [0.25, 0.3) is 0 Å². The van der Waals surface area contributed by atoms with Gasteiger partial charge in [-0.2, -0.15) is 0 Å². The van der Waals surface area contributed by atoms with E-state index in [-0.39, 0.29) is 6.04 Å². The molecule has 5 nitrogen and oxygen atoms in total. The zero-order valence-corrected chi connectivity index (χ0v) is 12.4. The molecule has 5 heteroatoms. The number of ether oxygens (including phenoxy) is 1. The molecule has 21 heavy (non-hydrogen) atoms. The van der Waals surface area contributed by atoms with Crippen LogP contribution in [0.2, 0.25) is 0 Å². The molecule has 1 unspecified atom stereocenters. The molecule has 1 aromatic heterocycles. The van der Waals surface area contributed by atoms with Gasteiger partial charge in [0.15, 0.2) is 0 Å². The van der Waals surface area contributed by atoms with Crippen LogP contribution in [-0.2, 0) is 13.1 Å². The average Bonchev–Trinajstić information content (AvgIpc) is 2.98. The first-order valence-electron chi connectivity index (χ1n) is 7.48. The van der Waals surface area contributed by atoms with Crippen molar-refractivity contribution in [3.8, 4) is 5.75 Å². The lowest BCUT2D eigenvalue weighted by Gasteiger charge is -2.34. The lowest BCUT2D eigenvalue weighted by molar-refractivity contribution is 0.156. The Morgan fingerprint density at radius 2 is 2.10 bits per heavy atom. The van der Waals surface area contributed by atoms with Crippen molar-refractivity contribution in [1.29, 1.82) is 0 Å². The highest BCUT2D eigenvalue weighted by Crippen LogP contribution is 2.25. The van der Waals surface area contributed by atoms with Crippen molar-refractivity contribution in [2.45, 2.75) is 26.1 Å². The topological polar surface area (TPSA) is 56.3 Å². The third-order valence-electron chi connectivity index (χ3n) is 4.01. The monoisotopic (exact) mass is 286 g/mol. The summed E-state index contributed by atoms with van der Waals surface area (Å²) in [6.07, 6.45) is 3.91. The van der Waals surface area contributed by atoms with Crippen LogP contribution in [0.3, 0.4) is 0 Å². The summed E-state index contributed by atoms with van der Waals surface area (Å²) in [6, 6.07) is 8.50. The van der Waals surface area contributed by atoms with Gasteiger partial charge in [0, 0.05) is 38.1 Å². The third kappa shape index (κ3) is 2.94. The summed E-state index contributed by atoms with van der Waals surface area (Å²) in [5.41, 5.74) is 7.26. The molecule has 112 valence electrons. The van der Waals surface area contributed by atoms with Crippen molar-refractivity contribution in [3.05, 3.63) is 48.0 Å². The van der Waals surface area contributed by atoms with Crippen molar-refractivity contribution in [3.63, 3.8) is 0 Å². The first-order chi connectivity index (χ1) is 10.3. The molecule has 1 aliphatic rings. The van der Waals surface area contributed by atoms with Gasteiger partial charge in [0.2, 0.25) is 0 Å². The summed E-state index contributed by atoms with van der Waals surface area (Å²) in [6.45, 7) is 6.11. The largest absolute Gasteiger partial charge is 0.494 e. The van der Waals surface area contributed by atoms with Crippen LogP contribution in [0.5, 0.6) is 5.75 Å². The standard InChI is InChI=1S/C16H22N4O/c1-2-21-14-5-3-13(4-6-14)15(11-17)20-10-9-19-8-7-18-16(19)12-20/h3-8,15H,2,9-12,17H2,1H3. The van der Waals surface area contributed by atoms with Gasteiger partial charge in [-0.3, -0.25) is 4.90 Å². The SMILES string of the molecule is CCOc1ccc(C(CN)N2CCn3ccnc3C2)cc1. The van der Waals surface area contributed by atoms with Crippen molar-refractivity contribution < 1.29 is 4.74 Å². The molecule has 2 aromatic rings. The molecule has 0 bridgehead atoms. The minimum atomic E-state index is 0.228. The Labute approximate surface area is 125 Å². The third-order valence-corrected chi connectivity index (χ3v) is 4.01. The number of benzene rings is 1. The summed E-state index contributed by atoms with van der Waals surface area (Å²) >= 11 is 0. The van der Waals surface area contributed by atoms with Crippen LogP contribution in [0.15, 0.2) is 36.7 Å². The number of fused-ring (bicyclic) bond motifs is 1. The van der Waals surface area contributed by atoms with Crippen LogP contribution in [0.4, 0.5) is 0 Å². The highest BCUT2D eigenvalue weighted by Gasteiger charge is 2.24. The van der Waals surface area contributed by atoms with Gasteiger partial charge < -0.3 is 15.0 Å². The normalized spacial score (nSPS) is 16.5. The molecule has 3 rings (SSSR count). The minimum Gasteiger partial charge on any atom is -0.494 e. The average molecular weight is 286 g/mol. The predicted octanol–water partition coefficient (Wildman–Crippen LogP) is 1.80. The van der Waals surface area contributed by atoms with Gasteiger partial charge in [0.05, 0.1) is 13.2 Å². The van der Waals surface area contributed by atoms with Crippen molar-refractivity contribution in [1.82, 2.24) is 14.5 Å². The highest BCUT2D eigenvalue weighted by molar-refractivity contribution is 5.29. The Balaban J connectivity index is 1.76. The second kappa shape index (κ2) is 6.28. The van der Waals surface area contributed by atoms with Crippen LogP contribution >= 0.6 is 0 Å². The van der Waals surface area contributed by atoms with E-state index in [1.807, 2.05) is 31.5 Å². The fraction of sp³-hybridized carbons (Fsp3) is 0.438. The molecule has 0 amide bonds. The molecule has 2 N–H and O–H groups in total. The van der Waals surface area contributed by atoms with Gasteiger partial charge in [-0.25, -0.2) is 4.98 Å². The summed E-state index contributed by atoms with van der Waals surface area (Å²) in [4.78, 5) is 6.82. The fourth-order valence-electron chi connectivity index (χ4n) is 2.91. The maximum Gasteiger partial charge on any atom is 0.122 e. The number of hydrogen-bond acceptors (Lipinski definition) is 4. The number of imidazole rings is 1. The molecular weight excluding hydrogens is 264 g/mol. The first kappa shape index (κ1) is 14.1. The summed E-state index contributed by atoms with van der Waals surface area (Å²) in [5.74, 6) is 2.02. The number of hydrogen-bond donors (Lipinski definition) is 1. The quantitative estimate of drug-likeness (QED) is 0.910. The van der Waals surface area contributed by atoms with Crippen molar-refractivity contribution >= 4 is 0 Å². The lowest BCUT2D eigenvalue weighted by atomic mass is 10.0. The molecule has 0 radical (unpaired) electrons. The van der Waals surface area contributed by atoms with E-state index in [0.29, 0.717) is 13.2 Å². The maximum absolute atomic E-state index is 6.03. The van der Waals surface area contributed by atoms with E-state index < -0.39 is 0 Å². The van der Waals surface area contributed by atoms with Crippen LogP contribution in [0.1, 0.15) is 24.4 Å². The van der Waals surface area contributed by atoms with Gasteiger partial charge in [-0.15, -0.1) is 0 Å². The minimum absolute atomic E-state index is 0.228. The Hall–Kier alpha value is -1.85. The zero-order valence-electron chi connectivity index (χ0n) is 12.4. The molecule has 1 aliphatic heterocycles. The lowest BCUT2D eigenvalue weighted by Crippen LogP contribution is -2.39. The Bertz CT molecular complexity index is 578. The molecule has 1 atom stereocenters. The van der Waals surface area contributed by atoms with E-state index >= 15 is 0 Å². The number of rotatable bonds is 5. The summed E-state index contributed by atoms with van der Waals surface area (Å²) in [5, 5.41) is 0. The van der Waals surface area contributed by atoms with Gasteiger partial charge in [-0.1, -0.05) is 12.1 Å². The maximum atomic E-state index is 6.03. The molecule has 0 saturated carbocycles. The van der Waals surface area contributed by atoms with E-state index in [2.05, 4.69) is 26.6 Å². The number of nitrogens with two attached hydrogens (primary N) is 1. The number of aromatic nitrogens is 2. The molecule has 0 spiro atoms. The Morgan fingerprint density at radius 3 is 2.81 bits per heavy atom. The second-order valence-electron chi connectivity index (χ2n) is 5.26. The summed E-state index contributed by atoms with van der Waals surface area (Å²) in [7, 11) is 0. The Kier molecular flexibility index (Phi) is 4.22. The van der Waals surface area contributed by atoms with E-state index in [1.54, 1.807) is 0 Å². The molecular formula is C16H22N4O. The number of nitrogens with zero attached hydrogens (tertiary/aromatic N) is 3. The molecule has 0 fully saturated rings. The zero-order chi connectivity index (χ0) is 14.7. The van der Waals surface area contributed by atoms with Gasteiger partial charge >= 0.3 is 0 Å². The van der Waals surface area contributed by atoms with Crippen LogP contribution < -0.4 is 10.5 Å². The van der Waals surface area contributed by atoms with E-state index in [1.165, 1.54) is 5.56 Å². The van der Waals surface area contributed by atoms with Crippen LogP contribution in [0.25, 0.3) is 0 Å². The van der Waals surface area contributed by atoms with Crippen LogP contribution in [0, 0.1) is 0 Å². The van der Waals surface area contributed by atoms with Gasteiger partial charge in [-0.05, 0) is 24.6 Å². The van der Waals surface area contributed by atoms with E-state index in [0.717, 1.165) is 31.2 Å². The molecule has 0 aliphatic carbocycles. The smallest absolute Gasteiger partial charge is 0.122 e.